The second kappa shape index (κ2) is 12.3. The summed E-state index contributed by atoms with van der Waals surface area (Å²) in [6.07, 6.45) is 2.58. The lowest BCUT2D eigenvalue weighted by Gasteiger charge is -2.18. The van der Waals surface area contributed by atoms with E-state index in [1.807, 2.05) is 54.6 Å². The number of carbonyl (C=O) groups is 2. The van der Waals surface area contributed by atoms with Gasteiger partial charge in [-0.25, -0.2) is 4.98 Å². The third-order valence-corrected chi connectivity index (χ3v) is 8.34. The fourth-order valence-electron chi connectivity index (χ4n) is 4.88. The lowest BCUT2D eigenvalue weighted by Crippen LogP contribution is -2.26. The average molecular weight is 599 g/mol. The lowest BCUT2D eigenvalue weighted by molar-refractivity contribution is 0.0991. The van der Waals surface area contributed by atoms with Crippen molar-refractivity contribution in [2.24, 2.45) is 0 Å². The highest BCUT2D eigenvalue weighted by molar-refractivity contribution is 7.17. The molecule has 3 aromatic heterocycles. The number of anilines is 2. The van der Waals surface area contributed by atoms with Crippen LogP contribution in [0.15, 0.2) is 109 Å². The summed E-state index contributed by atoms with van der Waals surface area (Å²) < 4.78 is 1.77. The van der Waals surface area contributed by atoms with Gasteiger partial charge in [0.05, 0.1) is 40.2 Å². The van der Waals surface area contributed by atoms with Crippen LogP contribution >= 0.6 is 11.3 Å². The number of rotatable bonds is 8. The fraction of sp³-hybridized carbons (Fsp3) is 0.0882. The maximum atomic E-state index is 13.4. The molecule has 2 N–H and O–H groups in total. The van der Waals surface area contributed by atoms with Crippen LogP contribution in [-0.4, -0.2) is 38.5 Å². The van der Waals surface area contributed by atoms with Gasteiger partial charge in [-0.3, -0.25) is 19.9 Å². The number of nitrogens with one attached hydrogen (secondary N) is 1. The van der Waals surface area contributed by atoms with Crippen LogP contribution in [0.3, 0.4) is 0 Å². The molecule has 0 aliphatic heterocycles. The number of hydrogen-bond acceptors (Lipinski definition) is 7. The molecule has 1 atom stereocenters. The number of pyridine rings is 1. The zero-order chi connectivity index (χ0) is 30.6. The second-order valence-electron chi connectivity index (χ2n) is 10.1. The van der Waals surface area contributed by atoms with E-state index < -0.39 is 6.10 Å². The van der Waals surface area contributed by atoms with Gasteiger partial charge in [-0.05, 0) is 60.2 Å². The molecule has 44 heavy (non-hydrogen) atoms. The molecule has 6 rings (SSSR count). The van der Waals surface area contributed by atoms with Gasteiger partial charge >= 0.3 is 0 Å². The zero-order valence-corrected chi connectivity index (χ0v) is 24.4. The van der Waals surface area contributed by atoms with Crippen LogP contribution in [0.25, 0.3) is 21.5 Å². The minimum Gasteiger partial charge on any atom is -0.387 e. The van der Waals surface area contributed by atoms with Gasteiger partial charge in [0.25, 0.3) is 11.8 Å². The Morgan fingerprint density at radius 2 is 1.86 bits per heavy atom. The molecule has 10 heteroatoms. The van der Waals surface area contributed by atoms with Crippen molar-refractivity contribution in [2.45, 2.75) is 12.6 Å². The van der Waals surface area contributed by atoms with Gasteiger partial charge in [0.1, 0.15) is 0 Å². The Morgan fingerprint density at radius 3 is 2.64 bits per heavy atom. The van der Waals surface area contributed by atoms with Crippen LogP contribution in [0.1, 0.15) is 37.3 Å². The molecule has 0 radical (unpaired) electrons. The average Bonchev–Trinajstić information content (AvgIpc) is 3.70. The number of aromatic nitrogens is 3. The molecule has 0 unspecified atom stereocenters. The third-order valence-electron chi connectivity index (χ3n) is 7.20. The first-order chi connectivity index (χ1) is 21.4. The number of nitrogens with zero attached hydrogens (tertiary/aromatic N) is 5. The van der Waals surface area contributed by atoms with E-state index >= 15 is 0 Å². The number of imidazole rings is 1. The van der Waals surface area contributed by atoms with Crippen molar-refractivity contribution in [3.63, 3.8) is 0 Å². The van der Waals surface area contributed by atoms with E-state index in [0.717, 1.165) is 16.0 Å². The number of aliphatic hydroxyl groups excluding tert-OH is 1. The molecule has 0 saturated carbocycles. The number of amides is 2. The Labute approximate surface area is 257 Å². The largest absolute Gasteiger partial charge is 0.387 e. The summed E-state index contributed by atoms with van der Waals surface area (Å²) in [5.41, 5.74) is 4.22. The van der Waals surface area contributed by atoms with Gasteiger partial charge in [0.2, 0.25) is 5.95 Å². The number of benzene rings is 3. The highest BCUT2D eigenvalue weighted by Gasteiger charge is 2.21. The van der Waals surface area contributed by atoms with Gasteiger partial charge in [0, 0.05) is 41.1 Å². The molecule has 9 nitrogen and oxygen atoms in total. The monoisotopic (exact) mass is 598 g/mol. The highest BCUT2D eigenvalue weighted by atomic mass is 32.1. The first kappa shape index (κ1) is 28.5. The molecule has 3 aromatic carbocycles. The van der Waals surface area contributed by atoms with Crippen LogP contribution in [0.4, 0.5) is 11.6 Å². The van der Waals surface area contributed by atoms with Gasteiger partial charge in [0.15, 0.2) is 0 Å². The summed E-state index contributed by atoms with van der Waals surface area (Å²) in [4.78, 5) is 38.4. The predicted octanol–water partition coefficient (Wildman–Crippen LogP) is 6.29. The Balaban J connectivity index is 1.33. The van der Waals surface area contributed by atoms with Crippen molar-refractivity contribution in [1.82, 2.24) is 14.5 Å². The Hall–Kier alpha value is -5.63. The second-order valence-corrected chi connectivity index (χ2v) is 11.1. The lowest BCUT2D eigenvalue weighted by atomic mass is 10.1. The first-order valence-electron chi connectivity index (χ1n) is 13.7. The Morgan fingerprint density at radius 1 is 1.02 bits per heavy atom. The van der Waals surface area contributed by atoms with E-state index in [2.05, 4.69) is 16.4 Å². The maximum Gasteiger partial charge on any atom is 0.268 e. The SMILES string of the molecule is CN(C(=O)c1cccc(C#N)c1)c1ccc2c(c1)nc(NC(=O)c1ccc(-c3cccnc3)s1)n2C[C@H](O)c1ccccc1. The summed E-state index contributed by atoms with van der Waals surface area (Å²) in [7, 11) is 1.65. The van der Waals surface area contributed by atoms with Crippen molar-refractivity contribution in [1.29, 1.82) is 5.26 Å². The van der Waals surface area contributed by atoms with Crippen LogP contribution in [0, 0.1) is 11.3 Å². The highest BCUT2D eigenvalue weighted by Crippen LogP contribution is 2.30. The van der Waals surface area contributed by atoms with E-state index in [4.69, 9.17) is 4.98 Å². The Bertz CT molecular complexity index is 2010. The smallest absolute Gasteiger partial charge is 0.268 e. The third kappa shape index (κ3) is 5.83. The number of nitriles is 1. The van der Waals surface area contributed by atoms with Gasteiger partial charge in [-0.1, -0.05) is 42.5 Å². The number of carbonyl (C=O) groups excluding carboxylic acids is 2. The van der Waals surface area contributed by atoms with Crippen LogP contribution in [-0.2, 0) is 6.54 Å². The van der Waals surface area contributed by atoms with E-state index in [9.17, 15) is 20.0 Å². The molecule has 0 aliphatic rings. The van der Waals surface area contributed by atoms with Crippen molar-refractivity contribution in [2.75, 3.05) is 17.3 Å². The number of fused-ring (bicyclic) bond motifs is 1. The molecule has 0 saturated heterocycles. The van der Waals surface area contributed by atoms with Crippen molar-refractivity contribution in [3.8, 4) is 16.5 Å². The minimum atomic E-state index is -0.862. The molecule has 216 valence electrons. The fourth-order valence-corrected chi connectivity index (χ4v) is 5.77. The summed E-state index contributed by atoms with van der Waals surface area (Å²) in [5, 5.41) is 23.3. The molecule has 3 heterocycles. The molecule has 0 aliphatic carbocycles. The summed E-state index contributed by atoms with van der Waals surface area (Å²) in [6, 6.07) is 30.6. The molecule has 0 fully saturated rings. The van der Waals surface area contributed by atoms with Crippen molar-refractivity contribution in [3.05, 3.63) is 131 Å². The van der Waals surface area contributed by atoms with Gasteiger partial charge in [-0.2, -0.15) is 5.26 Å². The van der Waals surface area contributed by atoms with E-state index in [0.29, 0.717) is 32.7 Å². The van der Waals surface area contributed by atoms with E-state index in [1.165, 1.54) is 16.2 Å². The number of thiophene rings is 1. The van der Waals surface area contributed by atoms with Gasteiger partial charge < -0.3 is 14.6 Å². The van der Waals surface area contributed by atoms with Crippen molar-refractivity contribution < 1.29 is 14.7 Å². The zero-order valence-electron chi connectivity index (χ0n) is 23.6. The van der Waals surface area contributed by atoms with Crippen LogP contribution in [0.5, 0.6) is 0 Å². The predicted molar refractivity (Wildman–Crippen MR) is 171 cm³/mol. The van der Waals surface area contributed by atoms with E-state index in [1.54, 1.807) is 66.5 Å². The van der Waals surface area contributed by atoms with Crippen LogP contribution < -0.4 is 10.2 Å². The van der Waals surface area contributed by atoms with Crippen molar-refractivity contribution >= 4 is 45.8 Å². The number of hydrogen-bond donors (Lipinski definition) is 2. The van der Waals surface area contributed by atoms with Gasteiger partial charge in [-0.15, -0.1) is 11.3 Å². The number of aliphatic hydroxyl groups is 1. The molecular formula is C34H26N6O3S. The summed E-state index contributed by atoms with van der Waals surface area (Å²) in [6.45, 7) is 0.135. The first-order valence-corrected chi connectivity index (χ1v) is 14.6. The molecule has 0 spiro atoms. The topological polar surface area (TPSA) is 124 Å². The molecule has 0 bridgehead atoms. The van der Waals surface area contributed by atoms with Crippen LogP contribution in [0.2, 0.25) is 0 Å². The molecular weight excluding hydrogens is 572 g/mol. The minimum absolute atomic E-state index is 0.135. The summed E-state index contributed by atoms with van der Waals surface area (Å²) >= 11 is 1.34. The maximum absolute atomic E-state index is 13.4. The standard InChI is InChI=1S/C34H26N6O3S/c1-39(33(43)24-10-5-7-22(17-24)19-35)26-12-13-28-27(18-26)37-34(40(28)21-29(41)23-8-3-2-4-9-23)38-32(42)31-15-14-30(44-31)25-11-6-16-36-20-25/h2-18,20,29,41H,21H2,1H3,(H,37,38,42)/t29-/m0/s1. The Kier molecular flexibility index (Phi) is 7.97. The van der Waals surface area contributed by atoms with E-state index in [-0.39, 0.29) is 24.3 Å². The normalized spacial score (nSPS) is 11.6. The molecule has 6 aromatic rings. The quantitative estimate of drug-likeness (QED) is 0.212. The molecule has 2 amide bonds. The summed E-state index contributed by atoms with van der Waals surface area (Å²) in [5.74, 6) is -0.346.